The molecule has 1 fully saturated rings. The second-order valence-electron chi connectivity index (χ2n) is 5.19. The zero-order valence-electron chi connectivity index (χ0n) is 12.0. The first-order valence-electron chi connectivity index (χ1n) is 6.71. The Labute approximate surface area is 114 Å². The molecule has 0 spiro atoms. The van der Waals surface area contributed by atoms with Crippen molar-refractivity contribution >= 4 is 0 Å². The lowest BCUT2D eigenvalue weighted by atomic mass is 9.90. The summed E-state index contributed by atoms with van der Waals surface area (Å²) in [5.41, 5.74) is 0.652. The Morgan fingerprint density at radius 3 is 2.26 bits per heavy atom. The van der Waals surface area contributed by atoms with E-state index in [0.717, 1.165) is 0 Å². The Balaban J connectivity index is 2.35. The molecule has 0 aliphatic heterocycles. The number of rotatable bonds is 6. The minimum Gasteiger partial charge on any atom is -0.493 e. The summed E-state index contributed by atoms with van der Waals surface area (Å²) in [6.45, 7) is 2.18. The standard InChI is InChI=1S/C15H22FNO2/c1-9(10-5-6-10)15(17-2)11-7-13(18-3)14(19-4)8-12(11)16/h7-10,15,17H,5-6H2,1-4H3. The van der Waals surface area contributed by atoms with Crippen molar-refractivity contribution in [1.29, 1.82) is 0 Å². The van der Waals surface area contributed by atoms with Gasteiger partial charge in [0.1, 0.15) is 5.82 Å². The highest BCUT2D eigenvalue weighted by molar-refractivity contribution is 5.45. The molecular formula is C15H22FNO2. The highest BCUT2D eigenvalue weighted by Crippen LogP contribution is 2.44. The van der Waals surface area contributed by atoms with Gasteiger partial charge in [-0.3, -0.25) is 0 Å². The predicted molar refractivity (Wildman–Crippen MR) is 73.2 cm³/mol. The molecule has 1 N–H and O–H groups in total. The van der Waals surface area contributed by atoms with Crippen LogP contribution < -0.4 is 14.8 Å². The largest absolute Gasteiger partial charge is 0.493 e. The molecule has 19 heavy (non-hydrogen) atoms. The lowest BCUT2D eigenvalue weighted by Gasteiger charge is -2.25. The number of benzene rings is 1. The van der Waals surface area contributed by atoms with Crippen LogP contribution in [0.4, 0.5) is 4.39 Å². The first-order valence-corrected chi connectivity index (χ1v) is 6.71. The van der Waals surface area contributed by atoms with Crippen molar-refractivity contribution in [2.45, 2.75) is 25.8 Å². The van der Waals surface area contributed by atoms with Gasteiger partial charge in [0, 0.05) is 17.7 Å². The van der Waals surface area contributed by atoms with Crippen molar-refractivity contribution < 1.29 is 13.9 Å². The summed E-state index contributed by atoms with van der Waals surface area (Å²) in [5, 5.41) is 3.23. The van der Waals surface area contributed by atoms with Crippen molar-refractivity contribution in [3.8, 4) is 11.5 Å². The topological polar surface area (TPSA) is 30.5 Å². The van der Waals surface area contributed by atoms with E-state index in [1.54, 1.807) is 13.2 Å². The van der Waals surface area contributed by atoms with E-state index in [9.17, 15) is 4.39 Å². The Kier molecular flexibility index (Phi) is 4.30. The Hall–Kier alpha value is -1.29. The van der Waals surface area contributed by atoms with Gasteiger partial charge in [-0.15, -0.1) is 0 Å². The normalized spacial score (nSPS) is 17.9. The minimum absolute atomic E-state index is 0.00676. The molecule has 0 bridgehead atoms. The Morgan fingerprint density at radius 1 is 1.21 bits per heavy atom. The quantitative estimate of drug-likeness (QED) is 0.859. The van der Waals surface area contributed by atoms with Gasteiger partial charge < -0.3 is 14.8 Å². The van der Waals surface area contributed by atoms with E-state index in [1.165, 1.54) is 26.0 Å². The van der Waals surface area contributed by atoms with Crippen LogP contribution in [0, 0.1) is 17.7 Å². The zero-order valence-corrected chi connectivity index (χ0v) is 12.0. The number of ether oxygens (including phenoxy) is 2. The Morgan fingerprint density at radius 2 is 1.79 bits per heavy atom. The smallest absolute Gasteiger partial charge is 0.163 e. The lowest BCUT2D eigenvalue weighted by Crippen LogP contribution is -2.25. The van der Waals surface area contributed by atoms with Crippen molar-refractivity contribution in [3.63, 3.8) is 0 Å². The second kappa shape index (κ2) is 5.78. The van der Waals surface area contributed by atoms with Gasteiger partial charge >= 0.3 is 0 Å². The van der Waals surface area contributed by atoms with Crippen molar-refractivity contribution in [1.82, 2.24) is 5.32 Å². The van der Waals surface area contributed by atoms with Crippen LogP contribution >= 0.6 is 0 Å². The molecule has 106 valence electrons. The highest BCUT2D eigenvalue weighted by atomic mass is 19.1. The number of nitrogens with one attached hydrogen (secondary N) is 1. The van der Waals surface area contributed by atoms with E-state index in [2.05, 4.69) is 12.2 Å². The number of methoxy groups -OCH3 is 2. The molecule has 1 aromatic rings. The summed E-state index contributed by atoms with van der Waals surface area (Å²) < 4.78 is 24.6. The van der Waals surface area contributed by atoms with E-state index in [-0.39, 0.29) is 11.9 Å². The van der Waals surface area contributed by atoms with Gasteiger partial charge in [-0.2, -0.15) is 0 Å². The van der Waals surface area contributed by atoms with Crippen LogP contribution in [0.15, 0.2) is 12.1 Å². The molecule has 0 aromatic heterocycles. The number of hydrogen-bond acceptors (Lipinski definition) is 3. The summed E-state index contributed by atoms with van der Waals surface area (Å²) in [4.78, 5) is 0. The molecule has 1 aromatic carbocycles. The molecule has 1 aliphatic rings. The molecule has 0 amide bonds. The van der Waals surface area contributed by atoms with Crippen LogP contribution in [-0.2, 0) is 0 Å². The van der Waals surface area contributed by atoms with Gasteiger partial charge in [0.2, 0.25) is 0 Å². The molecule has 1 saturated carbocycles. The maximum absolute atomic E-state index is 14.3. The van der Waals surface area contributed by atoms with Crippen LogP contribution in [0.25, 0.3) is 0 Å². The fraction of sp³-hybridized carbons (Fsp3) is 0.600. The van der Waals surface area contributed by atoms with E-state index < -0.39 is 0 Å². The lowest BCUT2D eigenvalue weighted by molar-refractivity contribution is 0.338. The summed E-state index contributed by atoms with van der Waals surface area (Å²) in [6.07, 6.45) is 2.49. The van der Waals surface area contributed by atoms with Gasteiger partial charge in [-0.25, -0.2) is 4.39 Å². The summed E-state index contributed by atoms with van der Waals surface area (Å²) in [5.74, 6) is 1.87. The SMILES string of the molecule is CNC(c1cc(OC)c(OC)cc1F)C(C)C1CC1. The van der Waals surface area contributed by atoms with E-state index in [0.29, 0.717) is 28.9 Å². The first kappa shape index (κ1) is 14.1. The molecule has 0 saturated heterocycles. The molecule has 2 rings (SSSR count). The predicted octanol–water partition coefficient (Wildman–Crippen LogP) is 3.15. The fourth-order valence-corrected chi connectivity index (χ4v) is 2.70. The van der Waals surface area contributed by atoms with E-state index >= 15 is 0 Å². The third-order valence-corrected chi connectivity index (χ3v) is 4.04. The van der Waals surface area contributed by atoms with Gasteiger partial charge in [-0.1, -0.05) is 6.92 Å². The van der Waals surface area contributed by atoms with Crippen molar-refractivity contribution in [2.75, 3.05) is 21.3 Å². The van der Waals surface area contributed by atoms with Crippen LogP contribution in [-0.4, -0.2) is 21.3 Å². The summed E-state index contributed by atoms with van der Waals surface area (Å²) >= 11 is 0. The molecule has 1 aliphatic carbocycles. The Bertz CT molecular complexity index is 446. The third-order valence-electron chi connectivity index (χ3n) is 4.04. The average Bonchev–Trinajstić information content (AvgIpc) is 3.25. The molecule has 3 nitrogen and oxygen atoms in total. The number of halogens is 1. The van der Waals surface area contributed by atoms with Gasteiger partial charge in [0.15, 0.2) is 11.5 Å². The molecule has 0 radical (unpaired) electrons. The highest BCUT2D eigenvalue weighted by Gasteiger charge is 2.34. The maximum atomic E-state index is 14.3. The average molecular weight is 267 g/mol. The van der Waals surface area contributed by atoms with Crippen LogP contribution in [0.5, 0.6) is 11.5 Å². The fourth-order valence-electron chi connectivity index (χ4n) is 2.70. The van der Waals surface area contributed by atoms with E-state index in [4.69, 9.17) is 9.47 Å². The van der Waals surface area contributed by atoms with Crippen LogP contribution in [0.1, 0.15) is 31.4 Å². The number of hydrogen-bond donors (Lipinski definition) is 1. The van der Waals surface area contributed by atoms with Crippen LogP contribution in [0.3, 0.4) is 0 Å². The molecule has 2 atom stereocenters. The van der Waals surface area contributed by atoms with Gasteiger partial charge in [-0.05, 0) is 37.8 Å². The molecule has 2 unspecified atom stereocenters. The maximum Gasteiger partial charge on any atom is 0.163 e. The molecular weight excluding hydrogens is 245 g/mol. The first-order chi connectivity index (χ1) is 9.12. The molecule has 4 heteroatoms. The summed E-state index contributed by atoms with van der Waals surface area (Å²) in [7, 11) is 4.96. The minimum atomic E-state index is -0.246. The van der Waals surface area contributed by atoms with E-state index in [1.807, 2.05) is 7.05 Å². The molecule has 0 heterocycles. The van der Waals surface area contributed by atoms with Crippen LogP contribution in [0.2, 0.25) is 0 Å². The zero-order chi connectivity index (χ0) is 14.0. The monoisotopic (exact) mass is 267 g/mol. The second-order valence-corrected chi connectivity index (χ2v) is 5.19. The van der Waals surface area contributed by atoms with Gasteiger partial charge in [0.05, 0.1) is 14.2 Å². The summed E-state index contributed by atoms with van der Waals surface area (Å²) in [6, 6.07) is 3.15. The van der Waals surface area contributed by atoms with Crippen molar-refractivity contribution in [2.24, 2.45) is 11.8 Å². The van der Waals surface area contributed by atoms with Gasteiger partial charge in [0.25, 0.3) is 0 Å². The third kappa shape index (κ3) is 2.84. The van der Waals surface area contributed by atoms with Crippen molar-refractivity contribution in [3.05, 3.63) is 23.5 Å².